The number of aromatic nitrogens is 2. The zero-order chi connectivity index (χ0) is 13.9. The van der Waals surface area contributed by atoms with Gasteiger partial charge in [0.25, 0.3) is 0 Å². The van der Waals surface area contributed by atoms with Crippen molar-refractivity contribution in [2.75, 3.05) is 13.1 Å². The number of nitrogens with two attached hydrogens (primary N) is 1. The van der Waals surface area contributed by atoms with Crippen LogP contribution in [0.15, 0.2) is 17.3 Å². The van der Waals surface area contributed by atoms with Crippen LogP contribution in [0.1, 0.15) is 39.0 Å². The number of aromatic amines is 1. The van der Waals surface area contributed by atoms with Gasteiger partial charge >= 0.3 is 0 Å². The second kappa shape index (κ2) is 5.60. The van der Waals surface area contributed by atoms with Gasteiger partial charge in [-0.3, -0.25) is 5.10 Å². The molecule has 0 saturated heterocycles. The van der Waals surface area contributed by atoms with E-state index in [0.717, 1.165) is 32.1 Å². The summed E-state index contributed by atoms with van der Waals surface area (Å²) < 4.78 is 27.0. The van der Waals surface area contributed by atoms with Crippen molar-refractivity contribution in [3.63, 3.8) is 0 Å². The Hall–Kier alpha value is -0.920. The van der Waals surface area contributed by atoms with Crippen molar-refractivity contribution >= 4 is 10.0 Å². The Balaban J connectivity index is 2.38. The van der Waals surface area contributed by atoms with Gasteiger partial charge in [-0.25, -0.2) is 8.42 Å². The van der Waals surface area contributed by atoms with Crippen molar-refractivity contribution in [1.29, 1.82) is 0 Å². The Bertz CT molecular complexity index is 492. The Morgan fingerprint density at radius 1 is 1.42 bits per heavy atom. The van der Waals surface area contributed by atoms with Crippen LogP contribution in [0, 0.1) is 0 Å². The first-order valence-corrected chi connectivity index (χ1v) is 8.22. The molecule has 6 nitrogen and oxygen atoms in total. The quantitative estimate of drug-likeness (QED) is 0.847. The van der Waals surface area contributed by atoms with Crippen molar-refractivity contribution in [2.24, 2.45) is 5.73 Å². The molecule has 1 saturated carbocycles. The van der Waals surface area contributed by atoms with E-state index < -0.39 is 15.6 Å². The third-order valence-electron chi connectivity index (χ3n) is 4.04. The second-order valence-corrected chi connectivity index (χ2v) is 6.96. The summed E-state index contributed by atoms with van der Waals surface area (Å²) in [6.45, 7) is 2.67. The maximum Gasteiger partial charge on any atom is 0.246 e. The number of nitrogens with zero attached hydrogens (tertiary/aromatic N) is 2. The van der Waals surface area contributed by atoms with Crippen molar-refractivity contribution in [1.82, 2.24) is 14.5 Å². The van der Waals surface area contributed by atoms with Crippen LogP contribution in [0.4, 0.5) is 0 Å². The van der Waals surface area contributed by atoms with Crippen molar-refractivity contribution in [3.05, 3.63) is 12.4 Å². The predicted octanol–water partition coefficient (Wildman–Crippen LogP) is 1.08. The first-order valence-electron chi connectivity index (χ1n) is 6.78. The molecule has 0 atom stereocenters. The van der Waals surface area contributed by atoms with Crippen LogP contribution in [0.2, 0.25) is 0 Å². The topological polar surface area (TPSA) is 92.1 Å². The molecule has 1 heterocycles. The molecule has 19 heavy (non-hydrogen) atoms. The van der Waals surface area contributed by atoms with Gasteiger partial charge in [-0.15, -0.1) is 0 Å². The lowest BCUT2D eigenvalue weighted by Gasteiger charge is -2.44. The van der Waals surface area contributed by atoms with Gasteiger partial charge < -0.3 is 5.73 Å². The molecule has 2 rings (SSSR count). The number of likely N-dealkylation sites (N-methyl/N-ethyl adjacent to an activating group) is 1. The Morgan fingerprint density at radius 3 is 2.58 bits per heavy atom. The van der Waals surface area contributed by atoms with E-state index in [-0.39, 0.29) is 4.90 Å². The number of nitrogens with one attached hydrogen (secondary N) is 1. The smallest absolute Gasteiger partial charge is 0.246 e. The lowest BCUT2D eigenvalue weighted by atomic mass is 9.81. The Morgan fingerprint density at radius 2 is 2.11 bits per heavy atom. The highest BCUT2D eigenvalue weighted by Crippen LogP contribution is 2.36. The Kier molecular flexibility index (Phi) is 4.27. The van der Waals surface area contributed by atoms with E-state index >= 15 is 0 Å². The first-order chi connectivity index (χ1) is 9.07. The van der Waals surface area contributed by atoms with Crippen LogP contribution in [-0.2, 0) is 10.0 Å². The fraction of sp³-hybridized carbons (Fsp3) is 0.750. The molecule has 1 aromatic rings. The monoisotopic (exact) mass is 286 g/mol. The molecular formula is C12H22N4O2S. The molecule has 108 valence electrons. The highest BCUT2D eigenvalue weighted by atomic mass is 32.2. The minimum atomic E-state index is -3.52. The maximum absolute atomic E-state index is 12.7. The molecule has 0 aliphatic heterocycles. The summed E-state index contributed by atoms with van der Waals surface area (Å²) in [5, 5.41) is 6.30. The SMILES string of the molecule is CCN(C1(CN)CCCCC1)S(=O)(=O)c1cn[nH]c1. The summed E-state index contributed by atoms with van der Waals surface area (Å²) in [7, 11) is -3.52. The van der Waals surface area contributed by atoms with Crippen molar-refractivity contribution in [3.8, 4) is 0 Å². The number of hydrogen-bond donors (Lipinski definition) is 2. The maximum atomic E-state index is 12.7. The summed E-state index contributed by atoms with van der Waals surface area (Å²) in [4.78, 5) is 0.216. The summed E-state index contributed by atoms with van der Waals surface area (Å²) >= 11 is 0. The fourth-order valence-corrected chi connectivity index (χ4v) is 4.78. The Labute approximate surface area is 114 Å². The normalized spacial score (nSPS) is 19.7. The molecule has 0 spiro atoms. The van der Waals surface area contributed by atoms with Crippen LogP contribution in [0.5, 0.6) is 0 Å². The standard InChI is InChI=1S/C12H22N4O2S/c1-2-16(12(10-13)6-4-3-5-7-12)19(17,18)11-8-14-15-9-11/h8-9H,2-7,10,13H2,1H3,(H,14,15). The van der Waals surface area contributed by atoms with E-state index in [0.29, 0.717) is 13.1 Å². The highest BCUT2D eigenvalue weighted by molar-refractivity contribution is 7.89. The third kappa shape index (κ3) is 2.54. The molecule has 0 unspecified atom stereocenters. The fourth-order valence-electron chi connectivity index (χ4n) is 3.03. The third-order valence-corrected chi connectivity index (χ3v) is 6.09. The van der Waals surface area contributed by atoms with Crippen LogP contribution in [0.25, 0.3) is 0 Å². The molecular weight excluding hydrogens is 264 g/mol. The van der Waals surface area contributed by atoms with E-state index in [4.69, 9.17) is 5.73 Å². The average molecular weight is 286 g/mol. The summed E-state index contributed by atoms with van der Waals surface area (Å²) in [6, 6.07) is 0. The molecule has 0 aromatic carbocycles. The molecule has 0 bridgehead atoms. The molecule has 1 aliphatic carbocycles. The molecule has 0 amide bonds. The van der Waals surface area contributed by atoms with Gasteiger partial charge in [0.1, 0.15) is 4.90 Å². The number of hydrogen-bond acceptors (Lipinski definition) is 4. The van der Waals surface area contributed by atoms with Crippen LogP contribution in [0.3, 0.4) is 0 Å². The van der Waals surface area contributed by atoms with E-state index in [1.54, 1.807) is 4.31 Å². The zero-order valence-corrected chi connectivity index (χ0v) is 12.1. The number of H-pyrrole nitrogens is 1. The minimum absolute atomic E-state index is 0.216. The van der Waals surface area contributed by atoms with Gasteiger partial charge in [0, 0.05) is 24.8 Å². The number of sulfonamides is 1. The number of rotatable bonds is 5. The van der Waals surface area contributed by atoms with Crippen LogP contribution >= 0.6 is 0 Å². The van der Waals surface area contributed by atoms with Crippen LogP contribution < -0.4 is 5.73 Å². The summed E-state index contributed by atoms with van der Waals surface area (Å²) in [5.74, 6) is 0. The average Bonchev–Trinajstić information content (AvgIpc) is 2.95. The van der Waals surface area contributed by atoms with Gasteiger partial charge in [-0.1, -0.05) is 26.2 Å². The minimum Gasteiger partial charge on any atom is -0.329 e. The van der Waals surface area contributed by atoms with Gasteiger partial charge in [-0.05, 0) is 12.8 Å². The zero-order valence-electron chi connectivity index (χ0n) is 11.3. The molecule has 1 fully saturated rings. The predicted molar refractivity (Wildman–Crippen MR) is 73.0 cm³/mol. The summed E-state index contributed by atoms with van der Waals surface area (Å²) in [6.07, 6.45) is 7.69. The van der Waals surface area contributed by atoms with Gasteiger partial charge in [0.15, 0.2) is 0 Å². The van der Waals surface area contributed by atoms with E-state index in [9.17, 15) is 8.42 Å². The van der Waals surface area contributed by atoms with E-state index in [1.807, 2.05) is 6.92 Å². The largest absolute Gasteiger partial charge is 0.329 e. The van der Waals surface area contributed by atoms with Crippen molar-refractivity contribution in [2.45, 2.75) is 49.5 Å². The molecule has 1 aliphatic rings. The van der Waals surface area contributed by atoms with Gasteiger partial charge in [0.05, 0.1) is 6.20 Å². The lowest BCUT2D eigenvalue weighted by Crippen LogP contribution is -2.57. The summed E-state index contributed by atoms with van der Waals surface area (Å²) in [5.41, 5.74) is 5.51. The van der Waals surface area contributed by atoms with Crippen molar-refractivity contribution < 1.29 is 8.42 Å². The molecule has 3 N–H and O–H groups in total. The molecule has 1 aromatic heterocycles. The highest BCUT2D eigenvalue weighted by Gasteiger charge is 2.43. The van der Waals surface area contributed by atoms with E-state index in [2.05, 4.69) is 10.2 Å². The first kappa shape index (κ1) is 14.5. The lowest BCUT2D eigenvalue weighted by molar-refractivity contribution is 0.141. The molecule has 0 radical (unpaired) electrons. The van der Waals surface area contributed by atoms with Crippen LogP contribution in [-0.4, -0.2) is 41.5 Å². The molecule has 7 heteroatoms. The van der Waals surface area contributed by atoms with E-state index in [1.165, 1.54) is 12.4 Å². The van der Waals surface area contributed by atoms with Gasteiger partial charge in [0.2, 0.25) is 10.0 Å². The second-order valence-electron chi connectivity index (χ2n) is 5.09. The van der Waals surface area contributed by atoms with Gasteiger partial charge in [-0.2, -0.15) is 9.40 Å².